The molecule has 25 heavy (non-hydrogen) atoms. The molecule has 0 aliphatic rings. The maximum absolute atomic E-state index is 13.5. The molecule has 128 valence electrons. The largest absolute Gasteiger partial charge is 0.341 e. The molecule has 5 nitrogen and oxygen atoms in total. The minimum atomic E-state index is -0.869. The number of anilines is 1. The molecule has 3 N–H and O–H groups in total. The van der Waals surface area contributed by atoms with Crippen molar-refractivity contribution in [1.82, 2.24) is 15.3 Å². The summed E-state index contributed by atoms with van der Waals surface area (Å²) >= 11 is 0. The number of rotatable bonds is 4. The SMILES string of the molecule is O=C(NCc1ncc(-c2ccc(F)cc2)[nH]1)Nc1ccc(F)cc1F. The van der Waals surface area contributed by atoms with Crippen LogP contribution in [0.5, 0.6) is 0 Å². The highest BCUT2D eigenvalue weighted by Gasteiger charge is 2.09. The Morgan fingerprint density at radius 1 is 1.04 bits per heavy atom. The number of carbonyl (C=O) groups excluding carboxylic acids is 1. The molecule has 3 aromatic rings. The first-order chi connectivity index (χ1) is 12.0. The zero-order chi connectivity index (χ0) is 17.8. The third-order valence-corrected chi connectivity index (χ3v) is 3.38. The van der Waals surface area contributed by atoms with Crippen LogP contribution in [0.3, 0.4) is 0 Å². The van der Waals surface area contributed by atoms with Crippen molar-refractivity contribution >= 4 is 11.7 Å². The summed E-state index contributed by atoms with van der Waals surface area (Å²) in [5.41, 5.74) is 1.28. The van der Waals surface area contributed by atoms with Crippen LogP contribution < -0.4 is 10.6 Å². The first-order valence-corrected chi connectivity index (χ1v) is 7.31. The number of aromatic amines is 1. The first-order valence-electron chi connectivity index (χ1n) is 7.31. The number of amides is 2. The number of nitrogens with zero attached hydrogens (tertiary/aromatic N) is 1. The lowest BCUT2D eigenvalue weighted by molar-refractivity contribution is 0.251. The topological polar surface area (TPSA) is 69.8 Å². The molecular formula is C17H13F3N4O. The third kappa shape index (κ3) is 4.17. The van der Waals surface area contributed by atoms with E-state index in [9.17, 15) is 18.0 Å². The van der Waals surface area contributed by atoms with E-state index in [1.807, 2.05) is 0 Å². The van der Waals surface area contributed by atoms with Gasteiger partial charge in [0.15, 0.2) is 0 Å². The van der Waals surface area contributed by atoms with Gasteiger partial charge in [-0.3, -0.25) is 0 Å². The van der Waals surface area contributed by atoms with Crippen molar-refractivity contribution in [3.05, 3.63) is 71.9 Å². The van der Waals surface area contributed by atoms with Gasteiger partial charge in [0.05, 0.1) is 24.1 Å². The number of urea groups is 1. The van der Waals surface area contributed by atoms with Gasteiger partial charge in [-0.2, -0.15) is 0 Å². The van der Waals surface area contributed by atoms with Gasteiger partial charge in [0.1, 0.15) is 23.3 Å². The Morgan fingerprint density at radius 2 is 1.76 bits per heavy atom. The Morgan fingerprint density at radius 3 is 2.48 bits per heavy atom. The summed E-state index contributed by atoms with van der Waals surface area (Å²) in [5.74, 6) is -1.47. The average molecular weight is 346 g/mol. The third-order valence-electron chi connectivity index (χ3n) is 3.38. The number of benzene rings is 2. The van der Waals surface area contributed by atoms with Crippen LogP contribution in [-0.4, -0.2) is 16.0 Å². The molecule has 0 aliphatic carbocycles. The normalized spacial score (nSPS) is 10.5. The molecule has 0 atom stereocenters. The van der Waals surface area contributed by atoms with Crippen LogP contribution in [0.2, 0.25) is 0 Å². The predicted octanol–water partition coefficient (Wildman–Crippen LogP) is 3.82. The van der Waals surface area contributed by atoms with Gasteiger partial charge in [0.2, 0.25) is 0 Å². The van der Waals surface area contributed by atoms with Crippen LogP contribution in [0.25, 0.3) is 11.3 Å². The van der Waals surface area contributed by atoms with Crippen molar-refractivity contribution in [3.63, 3.8) is 0 Å². The number of aromatic nitrogens is 2. The van der Waals surface area contributed by atoms with Crippen LogP contribution in [0.1, 0.15) is 5.82 Å². The summed E-state index contributed by atoms with van der Waals surface area (Å²) < 4.78 is 39.2. The second-order valence-electron chi connectivity index (χ2n) is 5.18. The molecule has 0 fully saturated rings. The van der Waals surface area contributed by atoms with Crippen molar-refractivity contribution in [2.75, 3.05) is 5.32 Å². The average Bonchev–Trinajstić information content (AvgIpc) is 3.05. The summed E-state index contributed by atoms with van der Waals surface area (Å²) in [6.45, 7) is 0.0653. The van der Waals surface area contributed by atoms with Gasteiger partial charge in [-0.15, -0.1) is 0 Å². The molecule has 2 aromatic carbocycles. The van der Waals surface area contributed by atoms with Crippen molar-refractivity contribution in [2.24, 2.45) is 0 Å². The summed E-state index contributed by atoms with van der Waals surface area (Å²) in [5, 5.41) is 4.78. The minimum Gasteiger partial charge on any atom is -0.341 e. The molecule has 0 saturated heterocycles. The van der Waals surface area contributed by atoms with Crippen LogP contribution in [0.15, 0.2) is 48.7 Å². The Balaban J connectivity index is 1.58. The summed E-state index contributed by atoms with van der Waals surface area (Å²) in [6, 6.07) is 8.05. The van der Waals surface area contributed by atoms with E-state index in [1.165, 1.54) is 12.1 Å². The molecule has 2 amide bonds. The molecule has 0 spiro atoms. The van der Waals surface area contributed by atoms with Crippen molar-refractivity contribution in [1.29, 1.82) is 0 Å². The summed E-state index contributed by atoms with van der Waals surface area (Å²) in [6.07, 6.45) is 1.56. The Bertz CT molecular complexity index is 893. The number of H-pyrrole nitrogens is 1. The number of halogens is 3. The Labute approximate surface area is 140 Å². The fraction of sp³-hybridized carbons (Fsp3) is 0.0588. The predicted molar refractivity (Wildman–Crippen MR) is 86.2 cm³/mol. The molecule has 0 unspecified atom stereocenters. The molecule has 1 heterocycles. The first kappa shape index (κ1) is 16.6. The van der Waals surface area contributed by atoms with Crippen molar-refractivity contribution in [2.45, 2.75) is 6.54 Å². The standard InChI is InChI=1S/C17H13F3N4O/c18-11-3-1-10(2-4-11)15-8-21-16(23-15)9-22-17(25)24-14-6-5-12(19)7-13(14)20/h1-8H,9H2,(H,21,23)(H2,22,24,25). The molecular weight excluding hydrogens is 333 g/mol. The Hall–Kier alpha value is -3.29. The van der Waals surface area contributed by atoms with Gasteiger partial charge < -0.3 is 15.6 Å². The van der Waals surface area contributed by atoms with Gasteiger partial charge >= 0.3 is 6.03 Å². The zero-order valence-corrected chi connectivity index (χ0v) is 12.8. The Kier molecular flexibility index (Phi) is 4.69. The molecule has 0 radical (unpaired) electrons. The van der Waals surface area contributed by atoms with Gasteiger partial charge in [-0.1, -0.05) is 0 Å². The fourth-order valence-electron chi connectivity index (χ4n) is 2.15. The summed E-state index contributed by atoms with van der Waals surface area (Å²) in [4.78, 5) is 18.9. The highest BCUT2D eigenvalue weighted by atomic mass is 19.1. The number of nitrogens with one attached hydrogen (secondary N) is 3. The zero-order valence-electron chi connectivity index (χ0n) is 12.8. The van der Waals surface area contributed by atoms with E-state index >= 15 is 0 Å². The van der Waals surface area contributed by atoms with E-state index in [2.05, 4.69) is 20.6 Å². The number of hydrogen-bond donors (Lipinski definition) is 3. The van der Waals surface area contributed by atoms with Gasteiger partial charge in [0, 0.05) is 6.07 Å². The van der Waals surface area contributed by atoms with E-state index in [-0.39, 0.29) is 18.0 Å². The van der Waals surface area contributed by atoms with Gasteiger partial charge in [-0.05, 0) is 42.0 Å². The van der Waals surface area contributed by atoms with E-state index in [4.69, 9.17) is 0 Å². The smallest absolute Gasteiger partial charge is 0.319 e. The molecule has 0 aliphatic heterocycles. The lowest BCUT2D eigenvalue weighted by Gasteiger charge is -2.07. The van der Waals surface area contributed by atoms with Crippen molar-refractivity contribution < 1.29 is 18.0 Å². The van der Waals surface area contributed by atoms with Crippen LogP contribution in [-0.2, 0) is 6.54 Å². The minimum absolute atomic E-state index is 0.0653. The lowest BCUT2D eigenvalue weighted by Crippen LogP contribution is -2.29. The molecule has 3 rings (SSSR count). The molecule has 8 heteroatoms. The van der Waals surface area contributed by atoms with Crippen LogP contribution in [0, 0.1) is 17.5 Å². The van der Waals surface area contributed by atoms with Crippen LogP contribution >= 0.6 is 0 Å². The molecule has 1 aromatic heterocycles. The van der Waals surface area contributed by atoms with Crippen molar-refractivity contribution in [3.8, 4) is 11.3 Å². The summed E-state index contributed by atoms with van der Waals surface area (Å²) in [7, 11) is 0. The maximum atomic E-state index is 13.5. The van der Waals surface area contributed by atoms with E-state index in [1.54, 1.807) is 18.3 Å². The maximum Gasteiger partial charge on any atom is 0.319 e. The number of hydrogen-bond acceptors (Lipinski definition) is 2. The second kappa shape index (κ2) is 7.08. The monoisotopic (exact) mass is 346 g/mol. The number of imidazole rings is 1. The van der Waals surface area contributed by atoms with E-state index in [0.717, 1.165) is 17.7 Å². The second-order valence-corrected chi connectivity index (χ2v) is 5.18. The quantitative estimate of drug-likeness (QED) is 0.672. The molecule has 0 saturated carbocycles. The number of carbonyl (C=O) groups is 1. The highest BCUT2D eigenvalue weighted by Crippen LogP contribution is 2.17. The molecule has 0 bridgehead atoms. The van der Waals surface area contributed by atoms with Crippen LogP contribution in [0.4, 0.5) is 23.7 Å². The van der Waals surface area contributed by atoms with E-state index < -0.39 is 17.7 Å². The van der Waals surface area contributed by atoms with E-state index in [0.29, 0.717) is 17.6 Å². The lowest BCUT2D eigenvalue weighted by atomic mass is 10.2. The van der Waals surface area contributed by atoms with Gasteiger partial charge in [0.25, 0.3) is 0 Å². The van der Waals surface area contributed by atoms with Gasteiger partial charge in [-0.25, -0.2) is 22.9 Å². The fourth-order valence-corrected chi connectivity index (χ4v) is 2.15. The highest BCUT2D eigenvalue weighted by molar-refractivity contribution is 5.89.